The predicted molar refractivity (Wildman–Crippen MR) is 94.3 cm³/mol. The third-order valence-corrected chi connectivity index (χ3v) is 4.59. The molecule has 1 saturated carbocycles. The van der Waals surface area contributed by atoms with Gasteiger partial charge in [-0.3, -0.25) is 9.78 Å². The summed E-state index contributed by atoms with van der Waals surface area (Å²) in [6.07, 6.45) is 7.75. The first-order valence-electron chi connectivity index (χ1n) is 8.47. The number of methoxy groups -OCH3 is 1. The van der Waals surface area contributed by atoms with Gasteiger partial charge in [-0.1, -0.05) is 6.07 Å². The molecule has 1 aliphatic carbocycles. The van der Waals surface area contributed by atoms with Crippen molar-refractivity contribution in [3.8, 4) is 5.75 Å². The van der Waals surface area contributed by atoms with Gasteiger partial charge in [-0.05, 0) is 36.6 Å². The summed E-state index contributed by atoms with van der Waals surface area (Å²) in [6, 6.07) is 9.95. The molecule has 1 amide bonds. The number of aromatic nitrogens is 1. The lowest BCUT2D eigenvalue weighted by Gasteiger charge is -2.22. The summed E-state index contributed by atoms with van der Waals surface area (Å²) >= 11 is 0. The summed E-state index contributed by atoms with van der Waals surface area (Å²) in [6.45, 7) is 0.612. The first-order valence-corrected chi connectivity index (χ1v) is 8.47. The molecule has 5 heteroatoms. The molecule has 0 unspecified atom stereocenters. The molecule has 1 fully saturated rings. The maximum absolute atomic E-state index is 12.9. The van der Waals surface area contributed by atoms with Crippen molar-refractivity contribution in [2.24, 2.45) is 0 Å². The summed E-state index contributed by atoms with van der Waals surface area (Å²) in [4.78, 5) is 19.0. The first kappa shape index (κ1) is 15.7. The van der Waals surface area contributed by atoms with Gasteiger partial charge in [0.05, 0.1) is 19.8 Å². The zero-order chi connectivity index (χ0) is 17.2. The summed E-state index contributed by atoms with van der Waals surface area (Å²) in [5.74, 6) is 0.876. The van der Waals surface area contributed by atoms with Crippen LogP contribution in [0.25, 0.3) is 11.0 Å². The Morgan fingerprint density at radius 3 is 2.96 bits per heavy atom. The Bertz CT molecular complexity index is 884. The van der Waals surface area contributed by atoms with Gasteiger partial charge < -0.3 is 14.1 Å². The van der Waals surface area contributed by atoms with Crippen molar-refractivity contribution in [1.82, 2.24) is 9.88 Å². The minimum atomic E-state index is 0.130. The third kappa shape index (κ3) is 3.36. The van der Waals surface area contributed by atoms with E-state index in [1.54, 1.807) is 19.6 Å². The molecule has 0 atom stereocenters. The van der Waals surface area contributed by atoms with E-state index in [1.807, 2.05) is 41.4 Å². The van der Waals surface area contributed by atoms with Crippen LogP contribution in [-0.4, -0.2) is 28.9 Å². The molecule has 2 heterocycles. The van der Waals surface area contributed by atoms with Gasteiger partial charge in [-0.2, -0.15) is 0 Å². The second kappa shape index (κ2) is 6.59. The van der Waals surface area contributed by atoms with Gasteiger partial charge in [-0.15, -0.1) is 0 Å². The summed E-state index contributed by atoms with van der Waals surface area (Å²) in [7, 11) is 1.63. The Kier molecular flexibility index (Phi) is 4.14. The van der Waals surface area contributed by atoms with Gasteiger partial charge in [-0.25, -0.2) is 0 Å². The summed E-state index contributed by atoms with van der Waals surface area (Å²) in [5.41, 5.74) is 2.72. The molecular weight excluding hydrogens is 316 g/mol. The highest BCUT2D eigenvalue weighted by Gasteiger charge is 2.32. The number of ether oxygens (including phenoxy) is 1. The highest BCUT2D eigenvalue weighted by molar-refractivity contribution is 5.88. The van der Waals surface area contributed by atoms with Crippen LogP contribution in [0.3, 0.4) is 0 Å². The van der Waals surface area contributed by atoms with E-state index < -0.39 is 0 Å². The molecule has 1 aliphatic rings. The second-order valence-corrected chi connectivity index (χ2v) is 6.41. The molecule has 1 aromatic carbocycles. The van der Waals surface area contributed by atoms with Gasteiger partial charge in [0.15, 0.2) is 0 Å². The van der Waals surface area contributed by atoms with E-state index in [-0.39, 0.29) is 5.91 Å². The highest BCUT2D eigenvalue weighted by Crippen LogP contribution is 2.30. The quantitative estimate of drug-likeness (QED) is 0.690. The van der Waals surface area contributed by atoms with E-state index in [9.17, 15) is 4.79 Å². The smallest absolute Gasteiger partial charge is 0.227 e. The third-order valence-electron chi connectivity index (χ3n) is 4.59. The fourth-order valence-corrected chi connectivity index (χ4v) is 3.09. The molecule has 25 heavy (non-hydrogen) atoms. The standard InChI is InChI=1S/C20H20N2O3/c1-24-17-6-7-18-15(13-25-19(18)10-17)9-20(23)22(16-4-5-16)12-14-3-2-8-21-11-14/h2-3,6-8,10-11,13,16H,4-5,9,12H2,1H3. The van der Waals surface area contributed by atoms with E-state index >= 15 is 0 Å². The summed E-state index contributed by atoms with van der Waals surface area (Å²) < 4.78 is 10.8. The number of rotatable bonds is 6. The van der Waals surface area contributed by atoms with E-state index in [2.05, 4.69) is 4.98 Å². The Morgan fingerprint density at radius 2 is 2.24 bits per heavy atom. The largest absolute Gasteiger partial charge is 0.497 e. The van der Waals surface area contributed by atoms with Crippen LogP contribution in [-0.2, 0) is 17.8 Å². The van der Waals surface area contributed by atoms with Gasteiger partial charge in [0.1, 0.15) is 11.3 Å². The predicted octanol–water partition coefficient (Wildman–Crippen LogP) is 3.57. The molecule has 3 aromatic rings. The Morgan fingerprint density at radius 1 is 1.36 bits per heavy atom. The number of pyridine rings is 1. The van der Waals surface area contributed by atoms with Crippen molar-refractivity contribution < 1.29 is 13.9 Å². The van der Waals surface area contributed by atoms with Crippen molar-refractivity contribution in [2.75, 3.05) is 7.11 Å². The van der Waals surface area contributed by atoms with Gasteiger partial charge >= 0.3 is 0 Å². The van der Waals surface area contributed by atoms with E-state index in [0.717, 1.165) is 40.7 Å². The van der Waals surface area contributed by atoms with Crippen molar-refractivity contribution >= 4 is 16.9 Å². The number of amides is 1. The minimum absolute atomic E-state index is 0.130. The number of nitrogens with zero attached hydrogens (tertiary/aromatic N) is 2. The van der Waals surface area contributed by atoms with Crippen molar-refractivity contribution in [2.45, 2.75) is 31.8 Å². The van der Waals surface area contributed by atoms with Crippen molar-refractivity contribution in [3.05, 3.63) is 60.1 Å². The molecule has 0 saturated heterocycles. The molecule has 0 N–H and O–H groups in total. The van der Waals surface area contributed by atoms with Crippen molar-refractivity contribution in [1.29, 1.82) is 0 Å². The number of benzene rings is 1. The molecule has 0 bridgehead atoms. The number of hydrogen-bond acceptors (Lipinski definition) is 4. The van der Waals surface area contributed by atoms with Crippen LogP contribution in [0, 0.1) is 0 Å². The van der Waals surface area contributed by atoms with Crippen LogP contribution in [0.2, 0.25) is 0 Å². The van der Waals surface area contributed by atoms with Gasteiger partial charge in [0.25, 0.3) is 0 Å². The SMILES string of the molecule is COc1ccc2c(CC(=O)N(Cc3cccnc3)C3CC3)coc2c1. The van der Waals surface area contributed by atoms with Crippen LogP contribution in [0.1, 0.15) is 24.0 Å². The summed E-state index contributed by atoms with van der Waals surface area (Å²) in [5, 5.41) is 0.964. The lowest BCUT2D eigenvalue weighted by molar-refractivity contribution is -0.131. The second-order valence-electron chi connectivity index (χ2n) is 6.41. The number of carbonyl (C=O) groups is 1. The van der Waals surface area contributed by atoms with Crippen LogP contribution in [0.5, 0.6) is 5.75 Å². The van der Waals surface area contributed by atoms with E-state index in [0.29, 0.717) is 19.0 Å². The molecule has 0 spiro atoms. The average Bonchev–Trinajstić information content (AvgIpc) is 3.42. The lowest BCUT2D eigenvalue weighted by atomic mass is 10.1. The topological polar surface area (TPSA) is 55.6 Å². The van der Waals surface area contributed by atoms with E-state index in [4.69, 9.17) is 9.15 Å². The Hall–Kier alpha value is -2.82. The maximum atomic E-state index is 12.9. The zero-order valence-electron chi connectivity index (χ0n) is 14.1. The van der Waals surface area contributed by atoms with E-state index in [1.165, 1.54) is 0 Å². The van der Waals surface area contributed by atoms with Crippen molar-refractivity contribution in [3.63, 3.8) is 0 Å². The first-order chi connectivity index (χ1) is 12.2. The molecule has 0 radical (unpaired) electrons. The average molecular weight is 336 g/mol. The molecule has 0 aliphatic heterocycles. The minimum Gasteiger partial charge on any atom is -0.497 e. The lowest BCUT2D eigenvalue weighted by Crippen LogP contribution is -2.33. The zero-order valence-corrected chi connectivity index (χ0v) is 14.1. The highest BCUT2D eigenvalue weighted by atomic mass is 16.5. The van der Waals surface area contributed by atoms with Crippen LogP contribution in [0.15, 0.2) is 53.4 Å². The monoisotopic (exact) mass is 336 g/mol. The number of furan rings is 1. The number of fused-ring (bicyclic) bond motifs is 1. The Labute approximate surface area is 146 Å². The molecule has 128 valence electrons. The van der Waals surface area contributed by atoms with Crippen LogP contribution >= 0.6 is 0 Å². The molecule has 2 aromatic heterocycles. The maximum Gasteiger partial charge on any atom is 0.227 e. The normalized spacial score (nSPS) is 13.8. The fourth-order valence-electron chi connectivity index (χ4n) is 3.09. The van der Waals surface area contributed by atoms with Crippen LogP contribution in [0.4, 0.5) is 0 Å². The Balaban J connectivity index is 1.53. The van der Waals surface area contributed by atoms with Gasteiger partial charge in [0.2, 0.25) is 5.91 Å². The molecular formula is C20H20N2O3. The molecule has 5 nitrogen and oxygen atoms in total. The fraction of sp³-hybridized carbons (Fsp3) is 0.300. The number of hydrogen-bond donors (Lipinski definition) is 0. The van der Waals surface area contributed by atoms with Crippen LogP contribution < -0.4 is 4.74 Å². The van der Waals surface area contributed by atoms with Gasteiger partial charge in [0, 0.05) is 42.0 Å². The number of carbonyl (C=O) groups excluding carboxylic acids is 1. The molecule has 4 rings (SSSR count).